The van der Waals surface area contributed by atoms with Crippen LogP contribution in [0.1, 0.15) is 18.4 Å². The van der Waals surface area contributed by atoms with Crippen LogP contribution in [0.4, 0.5) is 6.01 Å². The largest absolute Gasteiger partial charge is 0.403 e. The number of amides is 1. The number of halogens is 1. The molecule has 0 radical (unpaired) electrons. The molecule has 2 aromatic carbocycles. The minimum Gasteiger partial charge on any atom is -0.403 e. The third-order valence-corrected chi connectivity index (χ3v) is 7.36. The molecule has 0 bridgehead atoms. The van der Waals surface area contributed by atoms with Crippen molar-refractivity contribution in [2.75, 3.05) is 18.4 Å². The number of piperidine rings is 1. The number of aromatic nitrogens is 2. The Balaban J connectivity index is 1.36. The number of benzene rings is 2. The number of carbonyl (C=O) groups is 1. The molecule has 3 aromatic rings. The molecule has 1 aromatic heterocycles. The third kappa shape index (κ3) is 4.79. The molecule has 2 heterocycles. The first kappa shape index (κ1) is 21.5. The Morgan fingerprint density at radius 3 is 2.52 bits per heavy atom. The number of anilines is 1. The van der Waals surface area contributed by atoms with E-state index in [1.807, 2.05) is 6.92 Å². The van der Waals surface area contributed by atoms with Gasteiger partial charge in [0.05, 0.1) is 4.90 Å². The van der Waals surface area contributed by atoms with Gasteiger partial charge in [-0.15, -0.1) is 5.10 Å². The molecule has 1 aliphatic heterocycles. The lowest BCUT2D eigenvalue weighted by Crippen LogP contribution is -2.41. The number of rotatable bonds is 5. The topological polar surface area (TPSA) is 105 Å². The van der Waals surface area contributed by atoms with E-state index in [0.29, 0.717) is 23.4 Å². The number of hydrogen-bond donors (Lipinski definition) is 1. The van der Waals surface area contributed by atoms with Crippen LogP contribution in [0, 0.1) is 12.8 Å². The highest BCUT2D eigenvalue weighted by atomic mass is 35.5. The summed E-state index contributed by atoms with van der Waals surface area (Å²) in [6.07, 6.45) is 0.818. The van der Waals surface area contributed by atoms with Crippen molar-refractivity contribution in [1.29, 1.82) is 0 Å². The Labute approximate surface area is 185 Å². The van der Waals surface area contributed by atoms with E-state index in [1.165, 1.54) is 4.31 Å². The van der Waals surface area contributed by atoms with Crippen molar-refractivity contribution in [3.63, 3.8) is 0 Å². The highest BCUT2D eigenvalue weighted by Crippen LogP contribution is 2.26. The van der Waals surface area contributed by atoms with Crippen LogP contribution in [0.5, 0.6) is 0 Å². The highest BCUT2D eigenvalue weighted by Gasteiger charge is 2.32. The van der Waals surface area contributed by atoms with E-state index in [1.54, 1.807) is 48.5 Å². The second-order valence-corrected chi connectivity index (χ2v) is 9.78. The maximum Gasteiger partial charge on any atom is 0.322 e. The fourth-order valence-corrected chi connectivity index (χ4v) is 5.10. The predicted molar refractivity (Wildman–Crippen MR) is 116 cm³/mol. The lowest BCUT2D eigenvalue weighted by molar-refractivity contribution is -0.121. The standard InChI is InChI=1S/C21H21ClN4O4S/c1-14-5-7-18(8-6-14)31(28,29)26-11-9-15(10-12-26)19(27)23-21-25-24-20(30-21)16-3-2-4-17(22)13-16/h2-8,13,15H,9-12H2,1H3,(H,23,25,27). The zero-order chi connectivity index (χ0) is 22.0. The zero-order valence-electron chi connectivity index (χ0n) is 16.8. The van der Waals surface area contributed by atoms with E-state index in [4.69, 9.17) is 16.0 Å². The summed E-state index contributed by atoms with van der Waals surface area (Å²) in [6, 6.07) is 13.7. The van der Waals surface area contributed by atoms with E-state index in [0.717, 1.165) is 5.56 Å². The quantitative estimate of drug-likeness (QED) is 0.621. The molecule has 10 heteroatoms. The fourth-order valence-electron chi connectivity index (χ4n) is 3.44. The first-order chi connectivity index (χ1) is 14.8. The van der Waals surface area contributed by atoms with E-state index in [2.05, 4.69) is 15.5 Å². The minimum atomic E-state index is -3.57. The molecule has 1 fully saturated rings. The molecular formula is C21H21ClN4O4S. The molecule has 1 aliphatic rings. The van der Waals surface area contributed by atoms with Crippen LogP contribution in [0.25, 0.3) is 11.5 Å². The van der Waals surface area contributed by atoms with Crippen LogP contribution < -0.4 is 5.32 Å². The average molecular weight is 461 g/mol. The summed E-state index contributed by atoms with van der Waals surface area (Å²) in [7, 11) is -3.57. The van der Waals surface area contributed by atoms with Crippen LogP contribution >= 0.6 is 11.6 Å². The molecule has 1 amide bonds. The van der Waals surface area contributed by atoms with Crippen LogP contribution in [-0.2, 0) is 14.8 Å². The average Bonchev–Trinajstić information content (AvgIpc) is 3.23. The molecule has 0 spiro atoms. The molecule has 4 rings (SSSR count). The van der Waals surface area contributed by atoms with Gasteiger partial charge in [-0.1, -0.05) is 40.5 Å². The first-order valence-corrected chi connectivity index (χ1v) is 11.6. The number of carbonyl (C=O) groups excluding carboxylic acids is 1. The monoisotopic (exact) mass is 460 g/mol. The number of aryl methyl sites for hydroxylation is 1. The Hall–Kier alpha value is -2.75. The molecule has 0 saturated carbocycles. The van der Waals surface area contributed by atoms with Crippen molar-refractivity contribution >= 4 is 33.5 Å². The van der Waals surface area contributed by atoms with Crippen LogP contribution in [-0.4, -0.2) is 41.9 Å². The van der Waals surface area contributed by atoms with Gasteiger partial charge in [0.1, 0.15) is 0 Å². The Morgan fingerprint density at radius 2 is 1.84 bits per heavy atom. The van der Waals surface area contributed by atoms with Gasteiger partial charge in [-0.25, -0.2) is 8.42 Å². The maximum absolute atomic E-state index is 12.8. The second kappa shape index (κ2) is 8.78. The minimum absolute atomic E-state index is 0.00492. The van der Waals surface area contributed by atoms with E-state index >= 15 is 0 Å². The molecule has 0 unspecified atom stereocenters. The Kier molecular flexibility index (Phi) is 6.08. The van der Waals surface area contributed by atoms with Crippen molar-refractivity contribution in [2.24, 2.45) is 5.92 Å². The van der Waals surface area contributed by atoms with Crippen LogP contribution in [0.3, 0.4) is 0 Å². The summed E-state index contributed by atoms with van der Waals surface area (Å²) in [4.78, 5) is 12.9. The highest BCUT2D eigenvalue weighted by molar-refractivity contribution is 7.89. The van der Waals surface area contributed by atoms with E-state index in [-0.39, 0.29) is 41.7 Å². The maximum atomic E-state index is 12.8. The summed E-state index contributed by atoms with van der Waals surface area (Å²) in [5, 5.41) is 11.0. The van der Waals surface area contributed by atoms with Gasteiger partial charge in [0, 0.05) is 29.6 Å². The zero-order valence-corrected chi connectivity index (χ0v) is 18.4. The van der Waals surface area contributed by atoms with E-state index < -0.39 is 10.0 Å². The second-order valence-electron chi connectivity index (χ2n) is 7.40. The van der Waals surface area contributed by atoms with Crippen molar-refractivity contribution in [3.8, 4) is 11.5 Å². The molecule has 0 atom stereocenters. The normalized spacial score (nSPS) is 15.7. The van der Waals surface area contributed by atoms with Crippen molar-refractivity contribution < 1.29 is 17.6 Å². The number of sulfonamides is 1. The van der Waals surface area contributed by atoms with Gasteiger partial charge in [-0.05, 0) is 50.1 Å². The van der Waals surface area contributed by atoms with Gasteiger partial charge in [0.25, 0.3) is 0 Å². The Morgan fingerprint density at radius 1 is 1.13 bits per heavy atom. The van der Waals surface area contributed by atoms with Gasteiger partial charge in [-0.2, -0.15) is 4.31 Å². The van der Waals surface area contributed by atoms with Gasteiger partial charge >= 0.3 is 6.01 Å². The van der Waals surface area contributed by atoms with Gasteiger partial charge in [-0.3, -0.25) is 10.1 Å². The molecule has 31 heavy (non-hydrogen) atoms. The van der Waals surface area contributed by atoms with Crippen molar-refractivity contribution in [1.82, 2.24) is 14.5 Å². The van der Waals surface area contributed by atoms with Gasteiger partial charge in [0.2, 0.25) is 21.8 Å². The fraction of sp³-hybridized carbons (Fsp3) is 0.286. The summed E-state index contributed by atoms with van der Waals surface area (Å²) in [5.74, 6) is -0.364. The number of hydrogen-bond acceptors (Lipinski definition) is 6. The molecule has 0 aliphatic carbocycles. The lowest BCUT2D eigenvalue weighted by atomic mass is 9.97. The summed E-state index contributed by atoms with van der Waals surface area (Å²) in [6.45, 7) is 2.44. The molecule has 8 nitrogen and oxygen atoms in total. The van der Waals surface area contributed by atoms with Crippen molar-refractivity contribution in [2.45, 2.75) is 24.7 Å². The SMILES string of the molecule is Cc1ccc(S(=O)(=O)N2CCC(C(=O)Nc3nnc(-c4cccc(Cl)c4)o3)CC2)cc1. The molecule has 1 saturated heterocycles. The van der Waals surface area contributed by atoms with Gasteiger partial charge < -0.3 is 4.42 Å². The van der Waals surface area contributed by atoms with Gasteiger partial charge in [0.15, 0.2) is 0 Å². The first-order valence-electron chi connectivity index (χ1n) is 9.80. The summed E-state index contributed by atoms with van der Waals surface area (Å²) >= 11 is 5.97. The Bertz CT molecular complexity index is 1190. The molecule has 1 N–H and O–H groups in total. The lowest BCUT2D eigenvalue weighted by Gasteiger charge is -2.30. The number of nitrogens with one attached hydrogen (secondary N) is 1. The summed E-state index contributed by atoms with van der Waals surface area (Å²) < 4.78 is 32.6. The molecular weight excluding hydrogens is 440 g/mol. The summed E-state index contributed by atoms with van der Waals surface area (Å²) in [5.41, 5.74) is 1.64. The number of nitrogens with zero attached hydrogens (tertiary/aromatic N) is 3. The van der Waals surface area contributed by atoms with Crippen molar-refractivity contribution in [3.05, 3.63) is 59.1 Å². The van der Waals surface area contributed by atoms with Crippen LogP contribution in [0.2, 0.25) is 5.02 Å². The predicted octanol–water partition coefficient (Wildman–Crippen LogP) is 3.74. The third-order valence-electron chi connectivity index (χ3n) is 5.21. The van der Waals surface area contributed by atoms with Crippen LogP contribution in [0.15, 0.2) is 57.8 Å². The van der Waals surface area contributed by atoms with E-state index in [9.17, 15) is 13.2 Å². The molecule has 162 valence electrons. The smallest absolute Gasteiger partial charge is 0.322 e.